The molecule has 2 aromatic carbocycles. The van der Waals surface area contributed by atoms with Gasteiger partial charge >= 0.3 is 0 Å². The summed E-state index contributed by atoms with van der Waals surface area (Å²) in [6.45, 7) is 2.77. The molecule has 0 aliphatic rings. The lowest BCUT2D eigenvalue weighted by Crippen LogP contribution is -2.20. The van der Waals surface area contributed by atoms with E-state index >= 15 is 0 Å². The number of benzene rings is 2. The van der Waals surface area contributed by atoms with E-state index in [9.17, 15) is 0 Å². The summed E-state index contributed by atoms with van der Waals surface area (Å²) in [4.78, 5) is 0. The van der Waals surface area contributed by atoms with Crippen molar-refractivity contribution in [3.8, 4) is 5.75 Å². The fourth-order valence-corrected chi connectivity index (χ4v) is 2.59. The third kappa shape index (κ3) is 4.45. The summed E-state index contributed by atoms with van der Waals surface area (Å²) in [5, 5.41) is 5.90. The summed E-state index contributed by atoms with van der Waals surface area (Å²) in [6.07, 6.45) is 3.48. The number of methoxy groups -OCH3 is 2. The van der Waals surface area contributed by atoms with Crippen molar-refractivity contribution in [3.05, 3.63) is 42.0 Å². The van der Waals surface area contributed by atoms with Gasteiger partial charge in [-0.3, -0.25) is 0 Å². The minimum Gasteiger partial charge on any atom is -0.496 e. The second kappa shape index (κ2) is 8.65. The largest absolute Gasteiger partial charge is 0.496 e. The summed E-state index contributed by atoms with van der Waals surface area (Å²) >= 11 is 0. The summed E-state index contributed by atoms with van der Waals surface area (Å²) in [7, 11) is 3.46. The molecule has 1 N–H and O–H groups in total. The van der Waals surface area contributed by atoms with E-state index in [4.69, 9.17) is 9.47 Å². The van der Waals surface area contributed by atoms with E-state index in [1.54, 1.807) is 14.2 Å². The van der Waals surface area contributed by atoms with Crippen LogP contribution >= 0.6 is 0 Å². The van der Waals surface area contributed by atoms with Crippen LogP contribution in [0.1, 0.15) is 18.4 Å². The Balaban J connectivity index is 1.90. The van der Waals surface area contributed by atoms with Crippen molar-refractivity contribution in [3.63, 3.8) is 0 Å². The molecule has 0 unspecified atom stereocenters. The van der Waals surface area contributed by atoms with Gasteiger partial charge in [0, 0.05) is 19.0 Å². The zero-order chi connectivity index (χ0) is 14.9. The molecule has 0 heterocycles. The molecule has 0 aliphatic heterocycles. The summed E-state index contributed by atoms with van der Waals surface area (Å²) in [5.41, 5.74) is 1.41. The van der Waals surface area contributed by atoms with Crippen molar-refractivity contribution in [1.29, 1.82) is 0 Å². The topological polar surface area (TPSA) is 30.5 Å². The molecule has 0 saturated heterocycles. The summed E-state index contributed by atoms with van der Waals surface area (Å²) < 4.78 is 10.5. The normalized spacial score (nSPS) is 11.0. The summed E-state index contributed by atoms with van der Waals surface area (Å²) in [6, 6.07) is 12.7. The van der Waals surface area contributed by atoms with E-state index in [0.29, 0.717) is 0 Å². The van der Waals surface area contributed by atoms with Gasteiger partial charge in [0.15, 0.2) is 0 Å². The molecule has 3 nitrogen and oxygen atoms in total. The van der Waals surface area contributed by atoms with Crippen molar-refractivity contribution < 1.29 is 9.47 Å². The van der Waals surface area contributed by atoms with E-state index in [1.807, 2.05) is 0 Å². The molecule has 2 rings (SSSR count). The van der Waals surface area contributed by atoms with Crippen LogP contribution in [0.15, 0.2) is 36.4 Å². The first-order valence-electron chi connectivity index (χ1n) is 7.61. The molecule has 2 aromatic rings. The number of unbranched alkanes of at least 4 members (excludes halogenated alkanes) is 1. The predicted molar refractivity (Wildman–Crippen MR) is 88.2 cm³/mol. The molecule has 21 heavy (non-hydrogen) atoms. The standard InChI is InChI=1S/C18H25NO2/c1-20-14-13-19-12-6-5-7-15-10-11-18(21-2)17-9-4-3-8-16(15)17/h3-4,8-11,19H,5-7,12-14H2,1-2H3. The van der Waals surface area contributed by atoms with E-state index in [2.05, 4.69) is 41.7 Å². The highest BCUT2D eigenvalue weighted by atomic mass is 16.5. The fourth-order valence-electron chi connectivity index (χ4n) is 2.59. The number of aryl methyl sites for hydroxylation is 1. The van der Waals surface area contributed by atoms with Gasteiger partial charge in [0.1, 0.15) is 5.75 Å². The second-order valence-corrected chi connectivity index (χ2v) is 5.17. The third-order valence-electron chi connectivity index (χ3n) is 3.73. The first-order valence-corrected chi connectivity index (χ1v) is 7.61. The smallest absolute Gasteiger partial charge is 0.126 e. The molecule has 0 aliphatic carbocycles. The van der Waals surface area contributed by atoms with Gasteiger partial charge in [-0.1, -0.05) is 30.3 Å². The summed E-state index contributed by atoms with van der Waals surface area (Å²) in [5.74, 6) is 0.954. The number of ether oxygens (including phenoxy) is 2. The Morgan fingerprint density at radius 1 is 0.905 bits per heavy atom. The molecular formula is C18H25NO2. The van der Waals surface area contributed by atoms with Gasteiger partial charge in [-0.15, -0.1) is 0 Å². The first kappa shape index (κ1) is 15.8. The zero-order valence-electron chi connectivity index (χ0n) is 13.0. The second-order valence-electron chi connectivity index (χ2n) is 5.17. The molecular weight excluding hydrogens is 262 g/mol. The lowest BCUT2D eigenvalue weighted by atomic mass is 9.99. The minimum absolute atomic E-state index is 0.781. The van der Waals surface area contributed by atoms with Gasteiger partial charge in [-0.05, 0) is 42.8 Å². The van der Waals surface area contributed by atoms with Crippen molar-refractivity contribution in [2.45, 2.75) is 19.3 Å². The Kier molecular flexibility index (Phi) is 6.51. The van der Waals surface area contributed by atoms with Gasteiger partial charge in [0.2, 0.25) is 0 Å². The minimum atomic E-state index is 0.781. The molecule has 0 spiro atoms. The van der Waals surface area contributed by atoms with E-state index in [0.717, 1.165) is 31.9 Å². The van der Waals surface area contributed by atoms with Crippen LogP contribution in [0, 0.1) is 0 Å². The van der Waals surface area contributed by atoms with Gasteiger partial charge < -0.3 is 14.8 Å². The quantitative estimate of drug-likeness (QED) is 0.717. The lowest BCUT2D eigenvalue weighted by Gasteiger charge is -2.10. The lowest BCUT2D eigenvalue weighted by molar-refractivity contribution is 0.199. The van der Waals surface area contributed by atoms with Crippen LogP contribution in [0.2, 0.25) is 0 Å². The molecule has 0 amide bonds. The molecule has 0 saturated carbocycles. The SMILES string of the molecule is COCCNCCCCc1ccc(OC)c2ccccc12. The van der Waals surface area contributed by atoms with Crippen LogP contribution in [-0.2, 0) is 11.2 Å². The van der Waals surface area contributed by atoms with Crippen molar-refractivity contribution in [2.24, 2.45) is 0 Å². The predicted octanol–water partition coefficient (Wildman–Crippen LogP) is 3.41. The molecule has 0 radical (unpaired) electrons. The number of rotatable bonds is 9. The Hall–Kier alpha value is -1.58. The molecule has 0 atom stereocenters. The van der Waals surface area contributed by atoms with Gasteiger partial charge in [-0.25, -0.2) is 0 Å². The number of hydrogen-bond acceptors (Lipinski definition) is 3. The molecule has 0 fully saturated rings. The molecule has 114 valence electrons. The highest BCUT2D eigenvalue weighted by Gasteiger charge is 2.05. The number of nitrogens with one attached hydrogen (secondary N) is 1. The maximum atomic E-state index is 5.44. The van der Waals surface area contributed by atoms with Crippen LogP contribution < -0.4 is 10.1 Å². The average Bonchev–Trinajstić information content (AvgIpc) is 2.54. The Morgan fingerprint density at radius 2 is 1.71 bits per heavy atom. The molecule has 3 heteroatoms. The van der Waals surface area contributed by atoms with Crippen LogP contribution in [-0.4, -0.2) is 33.9 Å². The highest BCUT2D eigenvalue weighted by molar-refractivity contribution is 5.91. The number of fused-ring (bicyclic) bond motifs is 1. The third-order valence-corrected chi connectivity index (χ3v) is 3.73. The monoisotopic (exact) mass is 287 g/mol. The van der Waals surface area contributed by atoms with E-state index in [1.165, 1.54) is 29.2 Å². The fraction of sp³-hybridized carbons (Fsp3) is 0.444. The molecule has 0 bridgehead atoms. The van der Waals surface area contributed by atoms with Crippen LogP contribution in [0.5, 0.6) is 5.75 Å². The van der Waals surface area contributed by atoms with Crippen LogP contribution in [0.25, 0.3) is 10.8 Å². The maximum Gasteiger partial charge on any atom is 0.126 e. The van der Waals surface area contributed by atoms with Gasteiger partial charge in [0.25, 0.3) is 0 Å². The van der Waals surface area contributed by atoms with Crippen LogP contribution in [0.4, 0.5) is 0 Å². The highest BCUT2D eigenvalue weighted by Crippen LogP contribution is 2.29. The Labute approximate surface area is 127 Å². The van der Waals surface area contributed by atoms with Gasteiger partial charge in [-0.2, -0.15) is 0 Å². The molecule has 0 aromatic heterocycles. The van der Waals surface area contributed by atoms with Crippen molar-refractivity contribution in [2.75, 3.05) is 33.9 Å². The van der Waals surface area contributed by atoms with E-state index in [-0.39, 0.29) is 0 Å². The van der Waals surface area contributed by atoms with Gasteiger partial charge in [0.05, 0.1) is 13.7 Å². The van der Waals surface area contributed by atoms with E-state index < -0.39 is 0 Å². The Morgan fingerprint density at radius 3 is 2.48 bits per heavy atom. The Bertz CT molecular complexity index is 554. The van der Waals surface area contributed by atoms with Crippen LogP contribution in [0.3, 0.4) is 0 Å². The van der Waals surface area contributed by atoms with Crippen molar-refractivity contribution >= 4 is 10.8 Å². The first-order chi connectivity index (χ1) is 10.4. The zero-order valence-corrected chi connectivity index (χ0v) is 13.0. The number of hydrogen-bond donors (Lipinski definition) is 1. The maximum absolute atomic E-state index is 5.44. The average molecular weight is 287 g/mol. The van der Waals surface area contributed by atoms with Crippen molar-refractivity contribution in [1.82, 2.24) is 5.32 Å².